The van der Waals surface area contributed by atoms with Crippen LogP contribution in [0.3, 0.4) is 0 Å². The summed E-state index contributed by atoms with van der Waals surface area (Å²) >= 11 is 0. The van der Waals surface area contributed by atoms with Gasteiger partial charge < -0.3 is 4.74 Å². The van der Waals surface area contributed by atoms with Gasteiger partial charge in [-0.1, -0.05) is 0 Å². The number of aryl methyl sites for hydroxylation is 1. The lowest BCUT2D eigenvalue weighted by Crippen LogP contribution is -1.96. The van der Waals surface area contributed by atoms with Crippen LogP contribution < -0.4 is 4.74 Å². The molecular weight excluding hydrogens is 169 g/mol. The predicted octanol–water partition coefficient (Wildman–Crippen LogP) is 2.58. The fourth-order valence-corrected chi connectivity index (χ4v) is 0.857. The van der Waals surface area contributed by atoms with Crippen molar-refractivity contribution in [3.8, 4) is 5.75 Å². The zero-order chi connectivity index (χ0) is 9.14. The molecule has 12 heavy (non-hydrogen) atoms. The first-order chi connectivity index (χ1) is 5.65. The Balaban J connectivity index is 3.09. The van der Waals surface area contributed by atoms with Crippen molar-refractivity contribution in [2.45, 2.75) is 6.92 Å². The molecule has 0 N–H and O–H groups in total. The van der Waals surface area contributed by atoms with E-state index in [0.717, 1.165) is 6.07 Å². The third-order valence-electron chi connectivity index (χ3n) is 1.35. The van der Waals surface area contributed by atoms with Gasteiger partial charge in [-0.25, -0.2) is 8.78 Å². The van der Waals surface area contributed by atoms with E-state index in [1.165, 1.54) is 6.07 Å². The number of rotatable bonds is 2. The van der Waals surface area contributed by atoms with Crippen LogP contribution in [0, 0.1) is 18.6 Å². The van der Waals surface area contributed by atoms with E-state index in [0.29, 0.717) is 5.56 Å². The molecule has 4 heteroatoms. The summed E-state index contributed by atoms with van der Waals surface area (Å²) in [5.74, 6) is -2.58. The minimum atomic E-state index is -1.17. The van der Waals surface area contributed by atoms with Gasteiger partial charge in [-0.2, -0.15) is 4.39 Å². The van der Waals surface area contributed by atoms with E-state index in [1.807, 2.05) is 0 Å². The van der Waals surface area contributed by atoms with Gasteiger partial charge in [0, 0.05) is 0 Å². The highest BCUT2D eigenvalue weighted by atomic mass is 19.2. The van der Waals surface area contributed by atoms with Gasteiger partial charge in [-0.05, 0) is 24.6 Å². The number of ether oxygens (including phenoxy) is 1. The highest BCUT2D eigenvalue weighted by molar-refractivity contribution is 5.30. The number of alkyl halides is 1. The van der Waals surface area contributed by atoms with E-state index in [9.17, 15) is 13.2 Å². The first-order valence-corrected chi connectivity index (χ1v) is 3.29. The molecule has 1 rings (SSSR count). The van der Waals surface area contributed by atoms with E-state index >= 15 is 0 Å². The maximum atomic E-state index is 12.7. The molecule has 1 aromatic carbocycles. The van der Waals surface area contributed by atoms with Crippen molar-refractivity contribution in [3.63, 3.8) is 0 Å². The zero-order valence-corrected chi connectivity index (χ0v) is 6.40. The van der Waals surface area contributed by atoms with E-state index in [1.54, 1.807) is 6.92 Å². The van der Waals surface area contributed by atoms with E-state index < -0.39 is 24.2 Å². The van der Waals surface area contributed by atoms with Crippen LogP contribution in [-0.2, 0) is 0 Å². The standard InChI is InChI=1S/C8H7F3O/c1-5-2-6(10)8(11)7(3-5)12-4-9/h2-3H,4H2,1H3. The molecule has 0 bridgehead atoms. The number of benzene rings is 1. The summed E-state index contributed by atoms with van der Waals surface area (Å²) in [7, 11) is 0. The van der Waals surface area contributed by atoms with Crippen molar-refractivity contribution in [1.29, 1.82) is 0 Å². The Hall–Kier alpha value is -1.19. The molecule has 0 radical (unpaired) electrons. The van der Waals surface area contributed by atoms with Crippen molar-refractivity contribution in [3.05, 3.63) is 29.3 Å². The molecule has 0 saturated carbocycles. The second kappa shape index (κ2) is 3.47. The summed E-state index contributed by atoms with van der Waals surface area (Å²) < 4.78 is 41.1. The van der Waals surface area contributed by atoms with Crippen LogP contribution in [-0.4, -0.2) is 6.86 Å². The Bertz CT molecular complexity index is 286. The summed E-state index contributed by atoms with van der Waals surface area (Å²) in [6.07, 6.45) is 0. The Morgan fingerprint density at radius 1 is 1.33 bits per heavy atom. The molecule has 0 amide bonds. The van der Waals surface area contributed by atoms with Gasteiger partial charge in [-0.3, -0.25) is 0 Å². The van der Waals surface area contributed by atoms with Gasteiger partial charge in [0.05, 0.1) is 0 Å². The van der Waals surface area contributed by atoms with Crippen LogP contribution >= 0.6 is 0 Å². The van der Waals surface area contributed by atoms with Crippen molar-refractivity contribution >= 4 is 0 Å². The smallest absolute Gasteiger partial charge is 0.228 e. The molecular formula is C8H7F3O. The molecule has 0 heterocycles. The Kier molecular flexibility index (Phi) is 2.58. The van der Waals surface area contributed by atoms with E-state index in [4.69, 9.17) is 0 Å². The molecule has 0 saturated heterocycles. The molecule has 0 fully saturated rings. The van der Waals surface area contributed by atoms with Crippen LogP contribution in [0.5, 0.6) is 5.75 Å². The lowest BCUT2D eigenvalue weighted by molar-refractivity contribution is 0.182. The number of hydrogen-bond acceptors (Lipinski definition) is 1. The largest absolute Gasteiger partial charge is 0.460 e. The third-order valence-corrected chi connectivity index (χ3v) is 1.35. The molecule has 0 aliphatic carbocycles. The Morgan fingerprint density at radius 3 is 2.58 bits per heavy atom. The molecule has 1 nitrogen and oxygen atoms in total. The number of halogens is 3. The maximum absolute atomic E-state index is 12.7. The van der Waals surface area contributed by atoms with Gasteiger partial charge in [0.2, 0.25) is 12.7 Å². The minimum Gasteiger partial charge on any atom is -0.460 e. The second-order valence-corrected chi connectivity index (χ2v) is 2.31. The number of hydrogen-bond donors (Lipinski definition) is 0. The Labute approximate surface area is 67.8 Å². The average Bonchev–Trinajstić information content (AvgIpc) is 2.00. The molecule has 66 valence electrons. The quantitative estimate of drug-likeness (QED) is 0.672. The van der Waals surface area contributed by atoms with Gasteiger partial charge in [0.25, 0.3) is 0 Å². The van der Waals surface area contributed by atoms with Gasteiger partial charge in [-0.15, -0.1) is 0 Å². The van der Waals surface area contributed by atoms with Gasteiger partial charge >= 0.3 is 0 Å². The first-order valence-electron chi connectivity index (χ1n) is 3.29. The molecule has 0 atom stereocenters. The van der Waals surface area contributed by atoms with Crippen LogP contribution in [0.25, 0.3) is 0 Å². The summed E-state index contributed by atoms with van der Waals surface area (Å²) in [6, 6.07) is 2.25. The lowest BCUT2D eigenvalue weighted by Gasteiger charge is -2.04. The van der Waals surface area contributed by atoms with Gasteiger partial charge in [0.1, 0.15) is 0 Å². The van der Waals surface area contributed by atoms with Gasteiger partial charge in [0.15, 0.2) is 11.6 Å². The molecule has 0 aromatic heterocycles. The zero-order valence-electron chi connectivity index (χ0n) is 6.40. The summed E-state index contributed by atoms with van der Waals surface area (Å²) in [6.45, 7) is 0.396. The lowest BCUT2D eigenvalue weighted by atomic mass is 10.2. The maximum Gasteiger partial charge on any atom is 0.228 e. The van der Waals surface area contributed by atoms with E-state index in [-0.39, 0.29) is 0 Å². The Morgan fingerprint density at radius 2 is 2.00 bits per heavy atom. The summed E-state index contributed by atoms with van der Waals surface area (Å²) in [5.41, 5.74) is 0.484. The van der Waals surface area contributed by atoms with Crippen LogP contribution in [0.1, 0.15) is 5.56 Å². The molecule has 0 spiro atoms. The normalized spacial score (nSPS) is 10.0. The van der Waals surface area contributed by atoms with Crippen molar-refractivity contribution in [2.24, 2.45) is 0 Å². The first kappa shape index (κ1) is 8.90. The second-order valence-electron chi connectivity index (χ2n) is 2.31. The van der Waals surface area contributed by atoms with E-state index in [2.05, 4.69) is 4.74 Å². The fourth-order valence-electron chi connectivity index (χ4n) is 0.857. The molecule has 0 aliphatic rings. The monoisotopic (exact) mass is 176 g/mol. The van der Waals surface area contributed by atoms with Crippen molar-refractivity contribution in [1.82, 2.24) is 0 Å². The van der Waals surface area contributed by atoms with Crippen LogP contribution in [0.15, 0.2) is 12.1 Å². The van der Waals surface area contributed by atoms with Crippen molar-refractivity contribution in [2.75, 3.05) is 6.86 Å². The van der Waals surface area contributed by atoms with Crippen LogP contribution in [0.4, 0.5) is 13.2 Å². The molecule has 1 aromatic rings. The minimum absolute atomic E-state index is 0.394. The fraction of sp³-hybridized carbons (Fsp3) is 0.250. The predicted molar refractivity (Wildman–Crippen MR) is 37.7 cm³/mol. The third kappa shape index (κ3) is 1.69. The average molecular weight is 176 g/mol. The highest BCUT2D eigenvalue weighted by Gasteiger charge is 2.09. The topological polar surface area (TPSA) is 9.23 Å². The van der Waals surface area contributed by atoms with Crippen LogP contribution in [0.2, 0.25) is 0 Å². The summed E-state index contributed by atoms with van der Waals surface area (Å²) in [4.78, 5) is 0. The molecule has 0 aliphatic heterocycles. The SMILES string of the molecule is Cc1cc(F)c(F)c(OCF)c1. The molecule has 0 unspecified atom stereocenters. The highest BCUT2D eigenvalue weighted by Crippen LogP contribution is 2.21. The van der Waals surface area contributed by atoms with Crippen molar-refractivity contribution < 1.29 is 17.9 Å². The summed E-state index contributed by atoms with van der Waals surface area (Å²) in [5, 5.41) is 0.